The van der Waals surface area contributed by atoms with E-state index in [0.29, 0.717) is 30.4 Å². The quantitative estimate of drug-likeness (QED) is 0.646. The Morgan fingerprint density at radius 3 is 2.67 bits per heavy atom. The average Bonchev–Trinajstić information content (AvgIpc) is 2.67. The predicted octanol–water partition coefficient (Wildman–Crippen LogP) is 3.18. The van der Waals surface area contributed by atoms with E-state index >= 15 is 0 Å². The maximum atomic E-state index is 13.5. The molecule has 0 aromatic heterocycles. The molecule has 140 valence electrons. The number of hydrogen-bond donors (Lipinski definition) is 1. The number of carbonyl (C=O) groups is 2. The number of esters is 1. The van der Waals surface area contributed by atoms with E-state index in [4.69, 9.17) is 14.2 Å². The molecule has 2 aromatic carbocycles. The minimum Gasteiger partial charge on any atom is -0.486 e. The summed E-state index contributed by atoms with van der Waals surface area (Å²) in [5, 5.41) is 2.64. The number of hydrogen-bond acceptors (Lipinski definition) is 5. The first-order valence-corrected chi connectivity index (χ1v) is 8.36. The zero-order valence-electron chi connectivity index (χ0n) is 14.6. The van der Waals surface area contributed by atoms with Crippen LogP contribution in [0.5, 0.6) is 11.5 Å². The van der Waals surface area contributed by atoms with Crippen LogP contribution in [0.2, 0.25) is 0 Å². The molecule has 7 heteroatoms. The Morgan fingerprint density at radius 2 is 1.89 bits per heavy atom. The second-order valence-electron chi connectivity index (χ2n) is 5.78. The third-order valence-corrected chi connectivity index (χ3v) is 3.78. The minimum absolute atomic E-state index is 0.253. The molecular weight excluding hydrogens is 353 g/mol. The Morgan fingerprint density at radius 1 is 1.15 bits per heavy atom. The lowest BCUT2D eigenvalue weighted by molar-refractivity contribution is -0.148. The van der Waals surface area contributed by atoms with Gasteiger partial charge in [-0.3, -0.25) is 4.79 Å². The van der Waals surface area contributed by atoms with Crippen LogP contribution in [-0.2, 0) is 14.3 Å². The number of amides is 1. The molecule has 1 atom stereocenters. The van der Waals surface area contributed by atoms with Gasteiger partial charge in [0.15, 0.2) is 17.6 Å². The van der Waals surface area contributed by atoms with E-state index in [9.17, 15) is 14.0 Å². The monoisotopic (exact) mass is 371 g/mol. The van der Waals surface area contributed by atoms with Gasteiger partial charge in [-0.15, -0.1) is 0 Å². The molecule has 1 heterocycles. The van der Waals surface area contributed by atoms with Crippen LogP contribution < -0.4 is 14.8 Å². The smallest absolute Gasteiger partial charge is 0.331 e. The fourth-order valence-corrected chi connectivity index (χ4v) is 2.40. The van der Waals surface area contributed by atoms with E-state index in [1.165, 1.54) is 25.1 Å². The highest BCUT2D eigenvalue weighted by molar-refractivity contribution is 5.96. The summed E-state index contributed by atoms with van der Waals surface area (Å²) in [6, 6.07) is 11.0. The van der Waals surface area contributed by atoms with E-state index in [2.05, 4.69) is 5.32 Å². The molecule has 0 fully saturated rings. The van der Waals surface area contributed by atoms with Crippen LogP contribution in [-0.4, -0.2) is 31.2 Å². The Bertz CT molecular complexity index is 880. The summed E-state index contributed by atoms with van der Waals surface area (Å²) in [6.45, 7) is 2.36. The lowest BCUT2D eigenvalue weighted by atomic mass is 10.2. The number of halogens is 1. The van der Waals surface area contributed by atoms with Crippen molar-refractivity contribution < 1.29 is 28.2 Å². The van der Waals surface area contributed by atoms with Gasteiger partial charge in [0.25, 0.3) is 5.91 Å². The molecule has 0 spiro atoms. The van der Waals surface area contributed by atoms with Crippen molar-refractivity contribution in [3.05, 3.63) is 59.9 Å². The van der Waals surface area contributed by atoms with Gasteiger partial charge in [0, 0.05) is 23.4 Å². The summed E-state index contributed by atoms with van der Waals surface area (Å²) < 4.78 is 29.4. The van der Waals surface area contributed by atoms with E-state index in [0.717, 1.165) is 6.08 Å². The van der Waals surface area contributed by atoms with Gasteiger partial charge in [-0.1, -0.05) is 18.2 Å². The van der Waals surface area contributed by atoms with Gasteiger partial charge < -0.3 is 19.5 Å². The number of nitrogens with one attached hydrogen (secondary N) is 1. The average molecular weight is 371 g/mol. The fraction of sp³-hybridized carbons (Fsp3) is 0.200. The number of ether oxygens (including phenoxy) is 3. The van der Waals surface area contributed by atoms with Crippen LogP contribution in [0, 0.1) is 5.82 Å². The van der Waals surface area contributed by atoms with Crippen LogP contribution in [0.1, 0.15) is 12.5 Å². The van der Waals surface area contributed by atoms with E-state index in [-0.39, 0.29) is 5.56 Å². The Balaban J connectivity index is 1.56. The van der Waals surface area contributed by atoms with Crippen molar-refractivity contribution in [2.75, 3.05) is 18.5 Å². The first-order valence-electron chi connectivity index (χ1n) is 8.36. The van der Waals surface area contributed by atoms with Crippen LogP contribution in [0.4, 0.5) is 10.1 Å². The molecule has 1 aliphatic heterocycles. The summed E-state index contributed by atoms with van der Waals surface area (Å²) in [4.78, 5) is 24.0. The third kappa shape index (κ3) is 4.84. The summed E-state index contributed by atoms with van der Waals surface area (Å²) in [5.74, 6) is -0.554. The number of fused-ring (bicyclic) bond motifs is 1. The molecule has 0 aliphatic carbocycles. The number of carbonyl (C=O) groups excluding carboxylic acids is 2. The molecule has 1 aliphatic rings. The maximum Gasteiger partial charge on any atom is 0.331 e. The van der Waals surface area contributed by atoms with Crippen LogP contribution >= 0.6 is 0 Å². The first-order chi connectivity index (χ1) is 13.0. The molecule has 1 N–H and O–H groups in total. The summed E-state index contributed by atoms with van der Waals surface area (Å²) in [7, 11) is 0. The molecule has 0 unspecified atom stereocenters. The van der Waals surface area contributed by atoms with Gasteiger partial charge in [-0.25, -0.2) is 9.18 Å². The molecule has 0 bridgehead atoms. The van der Waals surface area contributed by atoms with Crippen molar-refractivity contribution in [2.24, 2.45) is 0 Å². The molecule has 0 radical (unpaired) electrons. The second-order valence-corrected chi connectivity index (χ2v) is 5.78. The van der Waals surface area contributed by atoms with Gasteiger partial charge in [0.1, 0.15) is 19.0 Å². The first kappa shape index (κ1) is 18.4. The molecule has 27 heavy (non-hydrogen) atoms. The lowest BCUT2D eigenvalue weighted by Crippen LogP contribution is -2.29. The normalized spacial score (nSPS) is 13.9. The molecule has 0 saturated carbocycles. The van der Waals surface area contributed by atoms with Gasteiger partial charge >= 0.3 is 5.97 Å². The van der Waals surface area contributed by atoms with Crippen LogP contribution in [0.15, 0.2) is 48.5 Å². The van der Waals surface area contributed by atoms with Crippen molar-refractivity contribution in [1.82, 2.24) is 0 Å². The molecule has 3 rings (SSSR count). The molecular formula is C20H18FNO5. The molecule has 6 nitrogen and oxygen atoms in total. The van der Waals surface area contributed by atoms with Gasteiger partial charge in [-0.05, 0) is 31.2 Å². The highest BCUT2D eigenvalue weighted by Crippen LogP contribution is 2.32. The maximum absolute atomic E-state index is 13.5. The third-order valence-electron chi connectivity index (χ3n) is 3.78. The highest BCUT2D eigenvalue weighted by Gasteiger charge is 2.18. The Hall–Kier alpha value is -3.35. The van der Waals surface area contributed by atoms with E-state index in [1.807, 2.05) is 0 Å². The minimum atomic E-state index is -1.03. The summed E-state index contributed by atoms with van der Waals surface area (Å²) in [6.07, 6.45) is 1.34. The second kappa shape index (κ2) is 8.35. The largest absolute Gasteiger partial charge is 0.486 e. The lowest BCUT2D eigenvalue weighted by Gasteiger charge is -2.19. The number of rotatable bonds is 5. The summed E-state index contributed by atoms with van der Waals surface area (Å²) >= 11 is 0. The molecule has 2 aromatic rings. The highest BCUT2D eigenvalue weighted by atomic mass is 19.1. The van der Waals surface area contributed by atoms with Crippen LogP contribution in [0.3, 0.4) is 0 Å². The Kier molecular flexibility index (Phi) is 5.71. The fourth-order valence-electron chi connectivity index (χ4n) is 2.40. The van der Waals surface area contributed by atoms with Crippen molar-refractivity contribution in [2.45, 2.75) is 13.0 Å². The Labute approximate surface area is 155 Å². The zero-order valence-corrected chi connectivity index (χ0v) is 14.6. The van der Waals surface area contributed by atoms with E-state index < -0.39 is 23.8 Å². The van der Waals surface area contributed by atoms with Crippen molar-refractivity contribution in [3.63, 3.8) is 0 Å². The van der Waals surface area contributed by atoms with Gasteiger partial charge in [0.05, 0.1) is 0 Å². The van der Waals surface area contributed by atoms with Gasteiger partial charge in [-0.2, -0.15) is 0 Å². The standard InChI is InChI=1S/C20H18FNO5/c1-13(27-19(23)9-6-14-4-2-3-5-16(14)21)20(24)22-15-7-8-17-18(12-15)26-11-10-25-17/h2-9,12-13H,10-11H2,1H3,(H,22,24)/b9-6+/t13-/m1/s1. The zero-order chi connectivity index (χ0) is 19.2. The summed E-state index contributed by atoms with van der Waals surface area (Å²) in [5.41, 5.74) is 0.747. The molecule has 1 amide bonds. The van der Waals surface area contributed by atoms with Gasteiger partial charge in [0.2, 0.25) is 0 Å². The van der Waals surface area contributed by atoms with Crippen LogP contribution in [0.25, 0.3) is 6.08 Å². The van der Waals surface area contributed by atoms with Crippen molar-refractivity contribution in [3.8, 4) is 11.5 Å². The van der Waals surface area contributed by atoms with Crippen molar-refractivity contribution in [1.29, 1.82) is 0 Å². The topological polar surface area (TPSA) is 73.9 Å². The number of anilines is 1. The van der Waals surface area contributed by atoms with Crippen molar-refractivity contribution >= 4 is 23.6 Å². The van der Waals surface area contributed by atoms with E-state index in [1.54, 1.807) is 30.3 Å². The molecule has 0 saturated heterocycles. The SMILES string of the molecule is C[C@@H](OC(=O)/C=C/c1ccccc1F)C(=O)Nc1ccc2c(c1)OCCO2. The predicted molar refractivity (Wildman–Crippen MR) is 97.0 cm³/mol. The number of benzene rings is 2.